The normalized spacial score (nSPS) is 18.4. The van der Waals surface area contributed by atoms with Gasteiger partial charge in [-0.25, -0.2) is 9.67 Å². The fourth-order valence-electron chi connectivity index (χ4n) is 4.59. The number of nitrogen functional groups attached to an aromatic ring is 1. The summed E-state index contributed by atoms with van der Waals surface area (Å²) in [4.78, 5) is 37.1. The number of nitrogens with one attached hydrogen (secondary N) is 1. The number of carbonyl (C=O) groups is 2. The van der Waals surface area contributed by atoms with Crippen LogP contribution in [0.5, 0.6) is 0 Å². The Morgan fingerprint density at radius 1 is 1.25 bits per heavy atom. The van der Waals surface area contributed by atoms with Crippen molar-refractivity contribution in [3.63, 3.8) is 0 Å². The van der Waals surface area contributed by atoms with Crippen LogP contribution in [0, 0.1) is 6.92 Å². The van der Waals surface area contributed by atoms with E-state index in [0.29, 0.717) is 44.7 Å². The molecule has 1 fully saturated rings. The minimum atomic E-state index is -0.418. The number of likely N-dealkylation sites (tertiary alicyclic amines) is 1. The van der Waals surface area contributed by atoms with Crippen molar-refractivity contribution in [2.75, 3.05) is 25.4 Å². The molecule has 0 aliphatic carbocycles. The zero-order valence-electron chi connectivity index (χ0n) is 16.4. The van der Waals surface area contributed by atoms with Crippen LogP contribution in [0.15, 0.2) is 12.4 Å². The third-order valence-corrected chi connectivity index (χ3v) is 6.03. The molecule has 4 rings (SSSR count). The first-order chi connectivity index (χ1) is 13.4. The van der Waals surface area contributed by atoms with Gasteiger partial charge in [0.1, 0.15) is 12.4 Å². The maximum atomic E-state index is 12.8. The Hall–Kier alpha value is -2.84. The number of aromatic amines is 1. The van der Waals surface area contributed by atoms with Gasteiger partial charge < -0.3 is 20.5 Å². The highest BCUT2D eigenvalue weighted by Crippen LogP contribution is 2.42. The third kappa shape index (κ3) is 2.94. The van der Waals surface area contributed by atoms with Crippen molar-refractivity contribution in [1.29, 1.82) is 0 Å². The van der Waals surface area contributed by atoms with Crippen LogP contribution in [0.4, 0.5) is 5.82 Å². The number of carbonyl (C=O) groups excluding carboxylic acids is 2. The highest BCUT2D eigenvalue weighted by Gasteiger charge is 2.48. The van der Waals surface area contributed by atoms with Crippen LogP contribution in [0.3, 0.4) is 0 Å². The predicted octanol–water partition coefficient (Wildman–Crippen LogP) is 0.809. The Morgan fingerprint density at radius 3 is 2.64 bits per heavy atom. The van der Waals surface area contributed by atoms with E-state index in [1.54, 1.807) is 17.1 Å². The molecule has 2 aliphatic rings. The van der Waals surface area contributed by atoms with Gasteiger partial charge in [-0.2, -0.15) is 5.10 Å². The van der Waals surface area contributed by atoms with E-state index in [1.807, 2.05) is 23.6 Å². The number of imidazole rings is 1. The van der Waals surface area contributed by atoms with E-state index in [9.17, 15) is 9.59 Å². The standard InChI is InChI=1S/C19H27N7O2/c1-3-16(27)25-7-4-14-18(22-12-21-14)19(25)5-8-24(9-6-19)17(28)11-26-15(20)10-13(2)23-26/h10,12H,3-9,11,20H2,1-2H3,(H,21,22). The first kappa shape index (κ1) is 18.5. The summed E-state index contributed by atoms with van der Waals surface area (Å²) < 4.78 is 1.54. The maximum Gasteiger partial charge on any atom is 0.244 e. The molecule has 9 nitrogen and oxygen atoms in total. The molecular formula is C19H27N7O2. The lowest BCUT2D eigenvalue weighted by Crippen LogP contribution is -2.59. The van der Waals surface area contributed by atoms with Crippen molar-refractivity contribution in [2.24, 2.45) is 0 Å². The number of H-pyrrole nitrogens is 1. The number of fused-ring (bicyclic) bond motifs is 2. The number of piperidine rings is 1. The van der Waals surface area contributed by atoms with Gasteiger partial charge in [-0.05, 0) is 19.8 Å². The molecule has 1 saturated heterocycles. The molecule has 28 heavy (non-hydrogen) atoms. The number of hydrogen-bond acceptors (Lipinski definition) is 5. The fourth-order valence-corrected chi connectivity index (χ4v) is 4.59. The fraction of sp³-hybridized carbons (Fsp3) is 0.579. The first-order valence-electron chi connectivity index (χ1n) is 9.85. The number of amides is 2. The number of aryl methyl sites for hydroxylation is 1. The van der Waals surface area contributed by atoms with Gasteiger partial charge >= 0.3 is 0 Å². The molecule has 0 bridgehead atoms. The molecule has 2 amide bonds. The molecular weight excluding hydrogens is 358 g/mol. The Bertz CT molecular complexity index is 892. The third-order valence-electron chi connectivity index (χ3n) is 6.03. The topological polar surface area (TPSA) is 113 Å². The molecule has 2 aromatic heterocycles. The largest absolute Gasteiger partial charge is 0.384 e. The summed E-state index contributed by atoms with van der Waals surface area (Å²) in [6, 6.07) is 1.76. The number of hydrogen-bond donors (Lipinski definition) is 2. The lowest BCUT2D eigenvalue weighted by atomic mass is 9.78. The minimum absolute atomic E-state index is 0.00363. The van der Waals surface area contributed by atoms with E-state index in [4.69, 9.17) is 5.73 Å². The summed E-state index contributed by atoms with van der Waals surface area (Å²) in [5.41, 5.74) is 8.37. The monoisotopic (exact) mass is 385 g/mol. The SMILES string of the molecule is CCC(=O)N1CCc2[nH]cnc2C12CCN(C(=O)Cn1nc(C)cc1N)CC2. The number of nitrogens with two attached hydrogens (primary N) is 1. The van der Waals surface area contributed by atoms with Crippen LogP contribution in [0.25, 0.3) is 0 Å². The Labute approximate surface area is 163 Å². The molecule has 3 N–H and O–H groups in total. The van der Waals surface area contributed by atoms with Crippen LogP contribution < -0.4 is 5.73 Å². The second-order valence-corrected chi connectivity index (χ2v) is 7.66. The van der Waals surface area contributed by atoms with Crippen LogP contribution in [-0.2, 0) is 28.1 Å². The average Bonchev–Trinajstić information content (AvgIpc) is 3.29. The summed E-state index contributed by atoms with van der Waals surface area (Å²) in [5.74, 6) is 0.636. The van der Waals surface area contributed by atoms with Gasteiger partial charge in [-0.15, -0.1) is 0 Å². The Balaban J connectivity index is 1.52. The van der Waals surface area contributed by atoms with Crippen molar-refractivity contribution in [1.82, 2.24) is 29.5 Å². The molecule has 0 aromatic carbocycles. The zero-order chi connectivity index (χ0) is 19.9. The van der Waals surface area contributed by atoms with Crippen molar-refractivity contribution in [2.45, 2.75) is 51.6 Å². The van der Waals surface area contributed by atoms with Gasteiger partial charge in [0.2, 0.25) is 11.8 Å². The molecule has 9 heteroatoms. The summed E-state index contributed by atoms with van der Waals surface area (Å²) in [5, 5.41) is 4.27. The summed E-state index contributed by atoms with van der Waals surface area (Å²) in [6.07, 6.45) is 4.37. The molecule has 0 saturated carbocycles. The van der Waals surface area contributed by atoms with Crippen LogP contribution in [0.1, 0.15) is 43.3 Å². The van der Waals surface area contributed by atoms with Crippen molar-refractivity contribution in [3.05, 3.63) is 29.5 Å². The Kier molecular flexibility index (Phi) is 4.60. The van der Waals surface area contributed by atoms with Gasteiger partial charge in [-0.1, -0.05) is 6.92 Å². The predicted molar refractivity (Wildman–Crippen MR) is 103 cm³/mol. The molecule has 0 unspecified atom stereocenters. The lowest BCUT2D eigenvalue weighted by Gasteiger charge is -2.50. The second kappa shape index (κ2) is 6.96. The summed E-state index contributed by atoms with van der Waals surface area (Å²) in [7, 11) is 0. The number of aromatic nitrogens is 4. The van der Waals surface area contributed by atoms with Gasteiger partial charge in [0, 0.05) is 44.2 Å². The van der Waals surface area contributed by atoms with Crippen molar-refractivity contribution < 1.29 is 9.59 Å². The molecule has 2 aromatic rings. The van der Waals surface area contributed by atoms with Gasteiger partial charge in [0.15, 0.2) is 0 Å². The molecule has 2 aliphatic heterocycles. The zero-order valence-corrected chi connectivity index (χ0v) is 16.4. The number of anilines is 1. The highest BCUT2D eigenvalue weighted by atomic mass is 16.2. The molecule has 4 heterocycles. The van der Waals surface area contributed by atoms with Crippen LogP contribution in [0.2, 0.25) is 0 Å². The molecule has 1 spiro atoms. The van der Waals surface area contributed by atoms with Gasteiger partial charge in [0.05, 0.1) is 23.3 Å². The average molecular weight is 385 g/mol. The quantitative estimate of drug-likeness (QED) is 0.812. The van der Waals surface area contributed by atoms with Crippen LogP contribution in [-0.4, -0.2) is 61.0 Å². The maximum absolute atomic E-state index is 12.8. The van der Waals surface area contributed by atoms with Gasteiger partial charge in [-0.3, -0.25) is 9.59 Å². The van der Waals surface area contributed by atoms with E-state index < -0.39 is 5.54 Å². The highest BCUT2D eigenvalue weighted by molar-refractivity contribution is 5.78. The first-order valence-corrected chi connectivity index (χ1v) is 9.85. The summed E-state index contributed by atoms with van der Waals surface area (Å²) in [6.45, 7) is 5.74. The van der Waals surface area contributed by atoms with Crippen molar-refractivity contribution in [3.8, 4) is 0 Å². The number of rotatable bonds is 3. The van der Waals surface area contributed by atoms with E-state index in [1.165, 1.54) is 0 Å². The van der Waals surface area contributed by atoms with E-state index >= 15 is 0 Å². The smallest absolute Gasteiger partial charge is 0.244 e. The molecule has 150 valence electrons. The summed E-state index contributed by atoms with van der Waals surface area (Å²) >= 11 is 0. The van der Waals surface area contributed by atoms with Crippen molar-refractivity contribution >= 4 is 17.6 Å². The number of nitrogens with zero attached hydrogens (tertiary/aromatic N) is 5. The van der Waals surface area contributed by atoms with E-state index in [2.05, 4.69) is 15.1 Å². The second-order valence-electron chi connectivity index (χ2n) is 7.66. The van der Waals surface area contributed by atoms with E-state index in [0.717, 1.165) is 23.5 Å². The minimum Gasteiger partial charge on any atom is -0.384 e. The molecule has 0 atom stereocenters. The lowest BCUT2D eigenvalue weighted by molar-refractivity contribution is -0.144. The van der Waals surface area contributed by atoms with E-state index in [-0.39, 0.29) is 18.4 Å². The van der Waals surface area contributed by atoms with Crippen LogP contribution >= 0.6 is 0 Å². The van der Waals surface area contributed by atoms with Gasteiger partial charge in [0.25, 0.3) is 0 Å². The molecule has 0 radical (unpaired) electrons. The Morgan fingerprint density at radius 2 is 2.00 bits per heavy atom.